The Bertz CT molecular complexity index is 1320. The number of nitrogens with one attached hydrogen (secondary N) is 2. The Labute approximate surface area is 190 Å². The van der Waals surface area contributed by atoms with Gasteiger partial charge in [-0.15, -0.1) is 0 Å². The van der Waals surface area contributed by atoms with Gasteiger partial charge in [0.1, 0.15) is 11.5 Å². The van der Waals surface area contributed by atoms with Crippen LogP contribution in [0.1, 0.15) is 15.9 Å². The third-order valence-corrected chi connectivity index (χ3v) is 6.12. The topological polar surface area (TPSA) is 137 Å². The second-order valence-corrected chi connectivity index (χ2v) is 8.56. The van der Waals surface area contributed by atoms with Crippen molar-refractivity contribution in [2.45, 2.75) is 11.8 Å². The van der Waals surface area contributed by atoms with Crippen molar-refractivity contribution in [3.63, 3.8) is 0 Å². The Morgan fingerprint density at radius 1 is 0.970 bits per heavy atom. The highest BCUT2D eigenvalue weighted by atomic mass is 32.2. The summed E-state index contributed by atoms with van der Waals surface area (Å²) < 4.78 is 38.5. The van der Waals surface area contributed by atoms with Crippen LogP contribution < -0.4 is 19.5 Å². The molecule has 0 radical (unpaired) electrons. The van der Waals surface area contributed by atoms with Gasteiger partial charge in [0.25, 0.3) is 21.6 Å². The van der Waals surface area contributed by atoms with Gasteiger partial charge in [-0.1, -0.05) is 18.2 Å². The second-order valence-electron chi connectivity index (χ2n) is 6.88. The van der Waals surface area contributed by atoms with Crippen molar-refractivity contribution in [2.75, 3.05) is 24.3 Å². The van der Waals surface area contributed by atoms with Crippen LogP contribution >= 0.6 is 0 Å². The van der Waals surface area contributed by atoms with Crippen LogP contribution in [0.5, 0.6) is 11.5 Å². The predicted molar refractivity (Wildman–Crippen MR) is 123 cm³/mol. The standard InChI is InChI=1S/C22H21N3O7S/c1-14-8-10-16(13-20(14)25(27)28)33(29,30)24-18-7-5-4-6-17(18)22(26)23-19-11-9-15(31-2)12-21(19)32-3/h4-13,24H,1-3H3,(H,23,26). The Balaban J connectivity index is 1.92. The van der Waals surface area contributed by atoms with Crippen LogP contribution in [-0.2, 0) is 10.0 Å². The van der Waals surface area contributed by atoms with E-state index in [0.717, 1.165) is 6.07 Å². The molecular formula is C22H21N3O7S. The lowest BCUT2D eigenvalue weighted by Gasteiger charge is -2.15. The van der Waals surface area contributed by atoms with Crippen LogP contribution in [0.15, 0.2) is 65.6 Å². The monoisotopic (exact) mass is 471 g/mol. The fraction of sp³-hybridized carbons (Fsp3) is 0.136. The first kappa shape index (κ1) is 23.5. The number of benzene rings is 3. The number of nitro benzene ring substituents is 1. The number of para-hydroxylation sites is 1. The first-order valence-corrected chi connectivity index (χ1v) is 11.0. The summed E-state index contributed by atoms with van der Waals surface area (Å²) in [6, 6.07) is 14.4. The first-order chi connectivity index (χ1) is 15.7. The van der Waals surface area contributed by atoms with E-state index in [1.54, 1.807) is 30.3 Å². The normalized spacial score (nSPS) is 10.9. The van der Waals surface area contributed by atoms with E-state index >= 15 is 0 Å². The van der Waals surface area contributed by atoms with Crippen molar-refractivity contribution >= 4 is 33.0 Å². The number of sulfonamides is 1. The fourth-order valence-corrected chi connectivity index (χ4v) is 4.12. The van der Waals surface area contributed by atoms with Gasteiger partial charge in [-0.2, -0.15) is 0 Å². The van der Waals surface area contributed by atoms with E-state index in [2.05, 4.69) is 10.0 Å². The molecule has 0 unspecified atom stereocenters. The SMILES string of the molecule is COc1ccc(NC(=O)c2ccccc2NS(=O)(=O)c2ccc(C)c([N+](=O)[O-])c2)c(OC)c1. The molecule has 3 rings (SSSR count). The van der Waals surface area contributed by atoms with Gasteiger partial charge in [-0.3, -0.25) is 19.6 Å². The minimum atomic E-state index is -4.21. The molecule has 2 N–H and O–H groups in total. The summed E-state index contributed by atoms with van der Waals surface area (Å²) in [5, 5.41) is 13.9. The quantitative estimate of drug-likeness (QED) is 0.374. The Morgan fingerprint density at radius 3 is 2.36 bits per heavy atom. The number of carbonyl (C=O) groups excluding carboxylic acids is 1. The Hall–Kier alpha value is -4.12. The van der Waals surface area contributed by atoms with Crippen molar-refractivity contribution in [1.82, 2.24) is 0 Å². The maximum Gasteiger partial charge on any atom is 0.273 e. The summed E-state index contributed by atoms with van der Waals surface area (Å²) in [7, 11) is -1.28. The number of nitrogens with zero attached hydrogens (tertiary/aromatic N) is 1. The molecule has 0 aliphatic heterocycles. The van der Waals surface area contributed by atoms with Crippen LogP contribution in [0.3, 0.4) is 0 Å². The number of anilines is 2. The zero-order chi connectivity index (χ0) is 24.2. The number of ether oxygens (including phenoxy) is 2. The van der Waals surface area contributed by atoms with E-state index in [9.17, 15) is 23.3 Å². The van der Waals surface area contributed by atoms with Gasteiger partial charge in [0.05, 0.1) is 41.0 Å². The number of hydrogen-bond donors (Lipinski definition) is 2. The van der Waals surface area contributed by atoms with Gasteiger partial charge in [0.2, 0.25) is 0 Å². The molecule has 0 spiro atoms. The molecule has 33 heavy (non-hydrogen) atoms. The minimum absolute atomic E-state index is 0.00528. The summed E-state index contributed by atoms with van der Waals surface area (Å²) >= 11 is 0. The molecule has 3 aromatic carbocycles. The number of hydrogen-bond acceptors (Lipinski definition) is 7. The molecule has 3 aromatic rings. The minimum Gasteiger partial charge on any atom is -0.497 e. The lowest BCUT2D eigenvalue weighted by molar-refractivity contribution is -0.385. The summed E-state index contributed by atoms with van der Waals surface area (Å²) in [6.07, 6.45) is 0. The molecule has 0 bridgehead atoms. The highest BCUT2D eigenvalue weighted by Gasteiger charge is 2.22. The van der Waals surface area contributed by atoms with Crippen LogP contribution in [0.25, 0.3) is 0 Å². The van der Waals surface area contributed by atoms with Crippen molar-refractivity contribution in [1.29, 1.82) is 0 Å². The highest BCUT2D eigenvalue weighted by molar-refractivity contribution is 7.92. The van der Waals surface area contributed by atoms with E-state index < -0.39 is 20.9 Å². The number of rotatable bonds is 8. The molecule has 0 aromatic heterocycles. The average Bonchev–Trinajstić information content (AvgIpc) is 2.79. The highest BCUT2D eigenvalue weighted by Crippen LogP contribution is 2.30. The van der Waals surface area contributed by atoms with Gasteiger partial charge in [0.15, 0.2) is 0 Å². The number of carbonyl (C=O) groups is 1. The maximum atomic E-state index is 12.9. The van der Waals surface area contributed by atoms with E-state index in [4.69, 9.17) is 9.47 Å². The largest absolute Gasteiger partial charge is 0.497 e. The predicted octanol–water partition coefficient (Wildman–Crippen LogP) is 3.97. The second kappa shape index (κ2) is 9.57. The van der Waals surface area contributed by atoms with E-state index in [1.165, 1.54) is 45.4 Å². The molecule has 0 aliphatic carbocycles. The fourth-order valence-electron chi connectivity index (χ4n) is 3.02. The zero-order valence-electron chi connectivity index (χ0n) is 18.0. The third kappa shape index (κ3) is 5.21. The summed E-state index contributed by atoms with van der Waals surface area (Å²) in [6.45, 7) is 1.51. The van der Waals surface area contributed by atoms with Crippen LogP contribution in [0.4, 0.5) is 17.1 Å². The molecule has 0 fully saturated rings. The molecule has 0 saturated heterocycles. The van der Waals surface area contributed by atoms with Gasteiger partial charge in [-0.25, -0.2) is 8.42 Å². The Kier molecular flexibility index (Phi) is 6.83. The lowest BCUT2D eigenvalue weighted by atomic mass is 10.1. The lowest BCUT2D eigenvalue weighted by Crippen LogP contribution is -2.19. The van der Waals surface area contributed by atoms with Crippen molar-refractivity contribution in [3.05, 3.63) is 81.9 Å². The van der Waals surface area contributed by atoms with Crippen LogP contribution in [0, 0.1) is 17.0 Å². The molecule has 0 saturated carbocycles. The molecule has 1 amide bonds. The van der Waals surface area contributed by atoms with Crippen LogP contribution in [-0.4, -0.2) is 33.5 Å². The molecule has 0 heterocycles. The summed E-state index contributed by atoms with van der Waals surface area (Å²) in [5.41, 5.74) is 0.407. The van der Waals surface area contributed by atoms with Gasteiger partial charge in [0, 0.05) is 17.7 Å². The van der Waals surface area contributed by atoms with Crippen molar-refractivity contribution < 1.29 is 27.6 Å². The average molecular weight is 471 g/mol. The number of aryl methyl sites for hydroxylation is 1. The van der Waals surface area contributed by atoms with Crippen molar-refractivity contribution in [3.8, 4) is 11.5 Å². The van der Waals surface area contributed by atoms with Gasteiger partial charge < -0.3 is 14.8 Å². The molecule has 0 aliphatic rings. The Morgan fingerprint density at radius 2 is 1.70 bits per heavy atom. The van der Waals surface area contributed by atoms with Crippen LogP contribution in [0.2, 0.25) is 0 Å². The number of methoxy groups -OCH3 is 2. The van der Waals surface area contributed by atoms with Crippen molar-refractivity contribution in [2.24, 2.45) is 0 Å². The smallest absolute Gasteiger partial charge is 0.273 e. The zero-order valence-corrected chi connectivity index (χ0v) is 18.8. The third-order valence-electron chi connectivity index (χ3n) is 4.76. The summed E-state index contributed by atoms with van der Waals surface area (Å²) in [4.78, 5) is 23.2. The molecule has 11 heteroatoms. The molecule has 0 atom stereocenters. The van der Waals surface area contributed by atoms with Gasteiger partial charge in [-0.05, 0) is 37.3 Å². The van der Waals surface area contributed by atoms with E-state index in [-0.39, 0.29) is 21.8 Å². The number of amides is 1. The van der Waals surface area contributed by atoms with E-state index in [0.29, 0.717) is 22.7 Å². The first-order valence-electron chi connectivity index (χ1n) is 9.56. The molecule has 10 nitrogen and oxygen atoms in total. The molecular weight excluding hydrogens is 450 g/mol. The van der Waals surface area contributed by atoms with E-state index in [1.807, 2.05) is 0 Å². The molecule has 172 valence electrons. The summed E-state index contributed by atoms with van der Waals surface area (Å²) in [5.74, 6) is 0.296. The van der Waals surface area contributed by atoms with Gasteiger partial charge >= 0.3 is 0 Å². The number of nitro groups is 1. The maximum absolute atomic E-state index is 12.9.